The van der Waals surface area contributed by atoms with Gasteiger partial charge in [-0.15, -0.1) is 0 Å². The lowest BCUT2D eigenvalue weighted by Gasteiger charge is -2.31. The molecule has 1 aliphatic heterocycles. The van der Waals surface area contributed by atoms with Crippen molar-refractivity contribution in [2.75, 3.05) is 32.8 Å². The second-order valence-corrected chi connectivity index (χ2v) is 5.17. The average molecular weight is 229 g/mol. The minimum absolute atomic E-state index is 0.147. The summed E-state index contributed by atoms with van der Waals surface area (Å²) in [5.74, 6) is 0.824. The average Bonchev–Trinajstić information content (AvgIpc) is 2.27. The highest BCUT2D eigenvalue weighted by atomic mass is 16.5. The number of ether oxygens (including phenoxy) is 1. The van der Waals surface area contributed by atoms with Crippen LogP contribution >= 0.6 is 0 Å². The summed E-state index contributed by atoms with van der Waals surface area (Å²) >= 11 is 0. The molecule has 0 aliphatic carbocycles. The molecular formula is C13H27NO2. The predicted octanol–water partition coefficient (Wildman–Crippen LogP) is 1.90. The molecule has 0 amide bonds. The maximum absolute atomic E-state index is 8.68. The van der Waals surface area contributed by atoms with Gasteiger partial charge in [0.1, 0.15) is 0 Å². The first-order chi connectivity index (χ1) is 7.72. The first-order valence-corrected chi connectivity index (χ1v) is 6.67. The third-order valence-corrected chi connectivity index (χ3v) is 3.24. The number of aliphatic hydroxyl groups excluding tert-OH is 1. The number of likely N-dealkylation sites (tertiary alicyclic amines) is 1. The molecule has 0 aromatic rings. The van der Waals surface area contributed by atoms with Crippen LogP contribution in [0.4, 0.5) is 0 Å². The van der Waals surface area contributed by atoms with E-state index in [2.05, 4.69) is 18.7 Å². The van der Waals surface area contributed by atoms with Crippen molar-refractivity contribution in [1.82, 2.24) is 4.90 Å². The maximum atomic E-state index is 8.68. The van der Waals surface area contributed by atoms with Crippen molar-refractivity contribution in [3.8, 4) is 0 Å². The number of piperidine rings is 1. The van der Waals surface area contributed by atoms with Crippen LogP contribution in [-0.2, 0) is 4.74 Å². The van der Waals surface area contributed by atoms with E-state index in [1.54, 1.807) is 0 Å². The summed E-state index contributed by atoms with van der Waals surface area (Å²) in [4.78, 5) is 2.54. The third-order valence-electron chi connectivity index (χ3n) is 3.24. The van der Waals surface area contributed by atoms with Gasteiger partial charge < -0.3 is 14.7 Å². The summed E-state index contributed by atoms with van der Waals surface area (Å²) in [6.07, 6.45) is 5.29. The highest BCUT2D eigenvalue weighted by molar-refractivity contribution is 4.72. The molecule has 0 unspecified atom stereocenters. The summed E-state index contributed by atoms with van der Waals surface area (Å²) < 4.78 is 5.55. The Balaban J connectivity index is 2.03. The smallest absolute Gasteiger partial charge is 0.0701 e. The van der Waals surface area contributed by atoms with E-state index in [1.165, 1.54) is 19.4 Å². The van der Waals surface area contributed by atoms with Crippen molar-refractivity contribution in [2.45, 2.75) is 45.6 Å². The van der Waals surface area contributed by atoms with E-state index in [0.29, 0.717) is 12.7 Å². The lowest BCUT2D eigenvalue weighted by Crippen LogP contribution is -2.37. The number of hydrogen-bond acceptors (Lipinski definition) is 3. The standard InChI is InChI=1S/C13H27NO2/c1-12(2)4-3-7-14-8-5-13(6-9-14)16-11-10-15/h12-13,15H,3-11H2,1-2H3. The van der Waals surface area contributed by atoms with Crippen molar-refractivity contribution >= 4 is 0 Å². The van der Waals surface area contributed by atoms with Crippen molar-refractivity contribution in [1.29, 1.82) is 0 Å². The van der Waals surface area contributed by atoms with Crippen LogP contribution in [0.5, 0.6) is 0 Å². The van der Waals surface area contributed by atoms with Gasteiger partial charge in [-0.2, -0.15) is 0 Å². The lowest BCUT2D eigenvalue weighted by molar-refractivity contribution is -0.00796. The fraction of sp³-hybridized carbons (Fsp3) is 1.00. The van der Waals surface area contributed by atoms with Crippen LogP contribution < -0.4 is 0 Å². The fourth-order valence-corrected chi connectivity index (χ4v) is 2.24. The predicted molar refractivity (Wildman–Crippen MR) is 66.6 cm³/mol. The normalized spacial score (nSPS) is 19.5. The number of nitrogens with zero attached hydrogens (tertiary/aromatic N) is 1. The van der Waals surface area contributed by atoms with Crippen molar-refractivity contribution < 1.29 is 9.84 Å². The molecule has 0 bridgehead atoms. The summed E-state index contributed by atoms with van der Waals surface area (Å²) in [7, 11) is 0. The van der Waals surface area contributed by atoms with Crippen LogP contribution in [0.3, 0.4) is 0 Å². The summed E-state index contributed by atoms with van der Waals surface area (Å²) in [6.45, 7) is 8.78. The largest absolute Gasteiger partial charge is 0.394 e. The molecule has 0 aromatic carbocycles. The zero-order valence-corrected chi connectivity index (χ0v) is 10.8. The van der Waals surface area contributed by atoms with Gasteiger partial charge >= 0.3 is 0 Å². The Hall–Kier alpha value is -0.120. The van der Waals surface area contributed by atoms with Crippen LogP contribution in [0.1, 0.15) is 39.5 Å². The van der Waals surface area contributed by atoms with Crippen molar-refractivity contribution in [3.05, 3.63) is 0 Å². The Bertz CT molecular complexity index is 165. The Labute approximate surface area is 99.8 Å². The highest BCUT2D eigenvalue weighted by Crippen LogP contribution is 2.14. The maximum Gasteiger partial charge on any atom is 0.0701 e. The van der Waals surface area contributed by atoms with Gasteiger partial charge in [0.15, 0.2) is 0 Å². The van der Waals surface area contributed by atoms with E-state index >= 15 is 0 Å². The minimum atomic E-state index is 0.147. The zero-order valence-electron chi connectivity index (χ0n) is 10.8. The van der Waals surface area contributed by atoms with Gasteiger partial charge in [0.05, 0.1) is 19.3 Å². The van der Waals surface area contributed by atoms with E-state index in [-0.39, 0.29) is 6.61 Å². The Morgan fingerprint density at radius 3 is 2.56 bits per heavy atom. The quantitative estimate of drug-likeness (QED) is 0.723. The van der Waals surface area contributed by atoms with Gasteiger partial charge in [0, 0.05) is 13.1 Å². The molecule has 1 aliphatic rings. The van der Waals surface area contributed by atoms with Crippen LogP contribution in [-0.4, -0.2) is 49.0 Å². The monoisotopic (exact) mass is 229 g/mol. The van der Waals surface area contributed by atoms with Crippen LogP contribution in [0.15, 0.2) is 0 Å². The molecule has 1 N–H and O–H groups in total. The number of rotatable bonds is 7. The molecular weight excluding hydrogens is 202 g/mol. The molecule has 1 rings (SSSR count). The molecule has 0 radical (unpaired) electrons. The second-order valence-electron chi connectivity index (χ2n) is 5.17. The molecule has 0 spiro atoms. The SMILES string of the molecule is CC(C)CCCN1CCC(OCCO)CC1. The van der Waals surface area contributed by atoms with Crippen molar-refractivity contribution in [3.63, 3.8) is 0 Å². The van der Waals surface area contributed by atoms with Gasteiger partial charge in [-0.3, -0.25) is 0 Å². The van der Waals surface area contributed by atoms with E-state index in [1.807, 2.05) is 0 Å². The van der Waals surface area contributed by atoms with E-state index in [4.69, 9.17) is 9.84 Å². The van der Waals surface area contributed by atoms with E-state index in [9.17, 15) is 0 Å². The topological polar surface area (TPSA) is 32.7 Å². The lowest BCUT2D eigenvalue weighted by atomic mass is 10.1. The first kappa shape index (κ1) is 13.9. The Morgan fingerprint density at radius 1 is 1.31 bits per heavy atom. The fourth-order valence-electron chi connectivity index (χ4n) is 2.24. The molecule has 0 aromatic heterocycles. The van der Waals surface area contributed by atoms with Crippen LogP contribution in [0.2, 0.25) is 0 Å². The van der Waals surface area contributed by atoms with Crippen molar-refractivity contribution in [2.24, 2.45) is 5.92 Å². The summed E-state index contributed by atoms with van der Waals surface area (Å²) in [6, 6.07) is 0. The van der Waals surface area contributed by atoms with Gasteiger partial charge in [-0.1, -0.05) is 13.8 Å². The second kappa shape index (κ2) is 8.04. The molecule has 1 heterocycles. The van der Waals surface area contributed by atoms with Crippen LogP contribution in [0.25, 0.3) is 0 Å². The number of aliphatic hydroxyl groups is 1. The Kier molecular flexibility index (Phi) is 7.01. The highest BCUT2D eigenvalue weighted by Gasteiger charge is 2.18. The number of hydrogen-bond donors (Lipinski definition) is 1. The molecule has 0 atom stereocenters. The van der Waals surface area contributed by atoms with Crippen LogP contribution in [0, 0.1) is 5.92 Å². The molecule has 0 saturated carbocycles. The van der Waals surface area contributed by atoms with Gasteiger partial charge in [0.25, 0.3) is 0 Å². The Morgan fingerprint density at radius 2 is 2.00 bits per heavy atom. The molecule has 3 nitrogen and oxygen atoms in total. The minimum Gasteiger partial charge on any atom is -0.394 e. The summed E-state index contributed by atoms with van der Waals surface area (Å²) in [5, 5.41) is 8.68. The van der Waals surface area contributed by atoms with E-state index in [0.717, 1.165) is 31.8 Å². The molecule has 1 saturated heterocycles. The summed E-state index contributed by atoms with van der Waals surface area (Å²) in [5.41, 5.74) is 0. The first-order valence-electron chi connectivity index (χ1n) is 6.67. The van der Waals surface area contributed by atoms with E-state index < -0.39 is 0 Å². The third kappa shape index (κ3) is 5.83. The molecule has 3 heteroatoms. The molecule has 16 heavy (non-hydrogen) atoms. The van der Waals surface area contributed by atoms with Gasteiger partial charge in [-0.25, -0.2) is 0 Å². The molecule has 1 fully saturated rings. The van der Waals surface area contributed by atoms with Gasteiger partial charge in [-0.05, 0) is 38.1 Å². The zero-order chi connectivity index (χ0) is 11.8. The van der Waals surface area contributed by atoms with Gasteiger partial charge in [0.2, 0.25) is 0 Å². The molecule has 96 valence electrons.